The largest absolute Gasteiger partial charge is 0.396 e. The quantitative estimate of drug-likeness (QED) is 0.591. The molecule has 7 heteroatoms. The Labute approximate surface area is 186 Å². The average Bonchev–Trinajstić information content (AvgIpc) is 2.74. The number of hydrogen-bond donors (Lipinski definition) is 2. The number of aliphatic hydroxyl groups is 1. The molecule has 0 spiro atoms. The molecule has 0 aliphatic rings. The van der Waals surface area contributed by atoms with Gasteiger partial charge in [-0.3, -0.25) is 14.2 Å². The van der Waals surface area contributed by atoms with Crippen LogP contribution in [0.25, 0.3) is 11.4 Å². The molecule has 1 heterocycles. The number of carbonyl (C=O) groups excluding carboxylic acids is 1. The van der Waals surface area contributed by atoms with E-state index in [1.54, 1.807) is 31.2 Å². The molecule has 0 aliphatic carbocycles. The standard InChI is InChI=1S/C24H26ClN3O3/c1-15-4-5-18(12-16(15)2)13-26-22(30)14-28-23(19-6-8-20(25)9-7-19)27-17(3)21(10-11-29)24(28)31/h4-9,12,29H,10-11,13-14H2,1-3H3,(H,26,30). The summed E-state index contributed by atoms with van der Waals surface area (Å²) in [5.41, 5.74) is 4.64. The minimum absolute atomic E-state index is 0.170. The van der Waals surface area contributed by atoms with Gasteiger partial charge in [-0.05, 0) is 61.7 Å². The lowest BCUT2D eigenvalue weighted by atomic mass is 10.1. The monoisotopic (exact) mass is 439 g/mol. The first-order valence-corrected chi connectivity index (χ1v) is 10.5. The fourth-order valence-electron chi connectivity index (χ4n) is 3.38. The Morgan fingerprint density at radius 2 is 1.81 bits per heavy atom. The number of amides is 1. The number of carbonyl (C=O) groups is 1. The van der Waals surface area contributed by atoms with Crippen molar-refractivity contribution in [3.05, 3.63) is 85.8 Å². The van der Waals surface area contributed by atoms with Crippen LogP contribution in [0.4, 0.5) is 0 Å². The number of rotatable bonds is 7. The van der Waals surface area contributed by atoms with Crippen LogP contribution in [0.1, 0.15) is 27.9 Å². The molecular weight excluding hydrogens is 414 g/mol. The lowest BCUT2D eigenvalue weighted by molar-refractivity contribution is -0.121. The number of aliphatic hydroxyl groups excluding tert-OH is 1. The molecule has 0 atom stereocenters. The van der Waals surface area contributed by atoms with Crippen LogP contribution in [0.5, 0.6) is 0 Å². The van der Waals surface area contributed by atoms with E-state index in [9.17, 15) is 14.7 Å². The summed E-state index contributed by atoms with van der Waals surface area (Å²) >= 11 is 5.99. The number of aromatic nitrogens is 2. The molecule has 2 aromatic carbocycles. The zero-order chi connectivity index (χ0) is 22.5. The first kappa shape index (κ1) is 22.7. The second-order valence-electron chi connectivity index (χ2n) is 7.57. The van der Waals surface area contributed by atoms with E-state index in [1.807, 2.05) is 32.0 Å². The van der Waals surface area contributed by atoms with Crippen molar-refractivity contribution in [1.82, 2.24) is 14.9 Å². The molecular formula is C24H26ClN3O3. The highest BCUT2D eigenvalue weighted by atomic mass is 35.5. The molecule has 1 aromatic heterocycles. The molecule has 0 bridgehead atoms. The topological polar surface area (TPSA) is 84.2 Å². The molecule has 0 radical (unpaired) electrons. The smallest absolute Gasteiger partial charge is 0.257 e. The van der Waals surface area contributed by atoms with Gasteiger partial charge in [-0.1, -0.05) is 29.8 Å². The highest BCUT2D eigenvalue weighted by Gasteiger charge is 2.17. The first-order chi connectivity index (χ1) is 14.8. The van der Waals surface area contributed by atoms with E-state index in [0.29, 0.717) is 34.2 Å². The number of nitrogens with zero attached hydrogens (tertiary/aromatic N) is 2. The Morgan fingerprint density at radius 1 is 1.10 bits per heavy atom. The third kappa shape index (κ3) is 5.40. The fraction of sp³-hybridized carbons (Fsp3) is 0.292. The molecule has 0 aliphatic heterocycles. The second kappa shape index (κ2) is 9.90. The molecule has 2 N–H and O–H groups in total. The maximum absolute atomic E-state index is 13.1. The van der Waals surface area contributed by atoms with E-state index >= 15 is 0 Å². The highest BCUT2D eigenvalue weighted by molar-refractivity contribution is 6.30. The normalized spacial score (nSPS) is 10.9. The zero-order valence-electron chi connectivity index (χ0n) is 17.9. The molecule has 0 fully saturated rings. The van der Waals surface area contributed by atoms with Crippen molar-refractivity contribution in [2.45, 2.75) is 40.3 Å². The Bertz CT molecular complexity index is 1150. The summed E-state index contributed by atoms with van der Waals surface area (Å²) in [4.78, 5) is 30.4. The van der Waals surface area contributed by atoms with Gasteiger partial charge in [0.1, 0.15) is 12.4 Å². The van der Waals surface area contributed by atoms with Gasteiger partial charge in [0.15, 0.2) is 0 Å². The van der Waals surface area contributed by atoms with Crippen LogP contribution in [0.2, 0.25) is 5.02 Å². The van der Waals surface area contributed by atoms with Gasteiger partial charge in [0.05, 0.1) is 0 Å². The predicted molar refractivity (Wildman–Crippen MR) is 122 cm³/mol. The average molecular weight is 440 g/mol. The van der Waals surface area contributed by atoms with Crippen LogP contribution in [-0.2, 0) is 24.3 Å². The Hall–Kier alpha value is -2.96. The fourth-order valence-corrected chi connectivity index (χ4v) is 3.51. The summed E-state index contributed by atoms with van der Waals surface area (Å²) < 4.78 is 1.36. The maximum Gasteiger partial charge on any atom is 0.257 e. The highest BCUT2D eigenvalue weighted by Crippen LogP contribution is 2.20. The number of aryl methyl sites for hydroxylation is 3. The van der Waals surface area contributed by atoms with Gasteiger partial charge in [0.25, 0.3) is 5.56 Å². The van der Waals surface area contributed by atoms with Crippen LogP contribution in [0.15, 0.2) is 47.3 Å². The Balaban J connectivity index is 1.91. The first-order valence-electron chi connectivity index (χ1n) is 10.1. The van der Waals surface area contributed by atoms with Gasteiger partial charge in [-0.2, -0.15) is 0 Å². The number of hydrogen-bond acceptors (Lipinski definition) is 4. The molecule has 3 aromatic rings. The minimum Gasteiger partial charge on any atom is -0.396 e. The van der Waals surface area contributed by atoms with Crippen molar-refractivity contribution in [3.63, 3.8) is 0 Å². The van der Waals surface area contributed by atoms with E-state index in [0.717, 1.165) is 11.1 Å². The van der Waals surface area contributed by atoms with Gasteiger partial charge in [0.2, 0.25) is 5.91 Å². The van der Waals surface area contributed by atoms with Gasteiger partial charge in [-0.15, -0.1) is 0 Å². The lowest BCUT2D eigenvalue weighted by Gasteiger charge is -2.16. The van der Waals surface area contributed by atoms with Crippen molar-refractivity contribution < 1.29 is 9.90 Å². The van der Waals surface area contributed by atoms with Gasteiger partial charge in [-0.25, -0.2) is 4.98 Å². The lowest BCUT2D eigenvalue weighted by Crippen LogP contribution is -2.35. The van der Waals surface area contributed by atoms with Crippen LogP contribution >= 0.6 is 11.6 Å². The predicted octanol–water partition coefficient (Wildman–Crippen LogP) is 3.34. The van der Waals surface area contributed by atoms with Gasteiger partial charge < -0.3 is 10.4 Å². The van der Waals surface area contributed by atoms with Crippen molar-refractivity contribution in [2.24, 2.45) is 0 Å². The minimum atomic E-state index is -0.326. The summed E-state index contributed by atoms with van der Waals surface area (Å²) in [5, 5.41) is 12.8. The van der Waals surface area contributed by atoms with E-state index in [4.69, 9.17) is 11.6 Å². The van der Waals surface area contributed by atoms with E-state index in [2.05, 4.69) is 10.3 Å². The third-order valence-electron chi connectivity index (χ3n) is 5.30. The molecule has 0 unspecified atom stereocenters. The maximum atomic E-state index is 13.1. The molecule has 6 nitrogen and oxygen atoms in total. The van der Waals surface area contributed by atoms with E-state index < -0.39 is 0 Å². The van der Waals surface area contributed by atoms with E-state index in [1.165, 1.54) is 10.1 Å². The van der Waals surface area contributed by atoms with Crippen molar-refractivity contribution in [3.8, 4) is 11.4 Å². The summed E-state index contributed by atoms with van der Waals surface area (Å²) in [6, 6.07) is 13.0. The van der Waals surface area contributed by atoms with Crippen LogP contribution < -0.4 is 10.9 Å². The van der Waals surface area contributed by atoms with Gasteiger partial charge >= 0.3 is 0 Å². The third-order valence-corrected chi connectivity index (χ3v) is 5.55. The van der Waals surface area contributed by atoms with E-state index in [-0.39, 0.29) is 31.0 Å². The van der Waals surface area contributed by atoms with Crippen molar-refractivity contribution >= 4 is 17.5 Å². The summed E-state index contributed by atoms with van der Waals surface area (Å²) in [5.74, 6) is 0.0957. The molecule has 31 heavy (non-hydrogen) atoms. The molecule has 0 saturated heterocycles. The summed E-state index contributed by atoms with van der Waals surface area (Å²) in [7, 11) is 0. The number of benzene rings is 2. The Morgan fingerprint density at radius 3 is 2.45 bits per heavy atom. The second-order valence-corrected chi connectivity index (χ2v) is 8.00. The van der Waals surface area contributed by atoms with Crippen LogP contribution in [0, 0.1) is 20.8 Å². The van der Waals surface area contributed by atoms with Crippen LogP contribution in [-0.4, -0.2) is 27.2 Å². The SMILES string of the molecule is Cc1ccc(CNC(=O)Cn2c(-c3ccc(Cl)cc3)nc(C)c(CCO)c2=O)cc1C. The van der Waals surface area contributed by atoms with Gasteiger partial charge in [0, 0.05) is 41.4 Å². The summed E-state index contributed by atoms with van der Waals surface area (Å²) in [6.45, 7) is 5.82. The zero-order valence-corrected chi connectivity index (χ0v) is 18.7. The Kier molecular flexibility index (Phi) is 7.25. The molecule has 162 valence electrons. The van der Waals surface area contributed by atoms with Crippen molar-refractivity contribution in [2.75, 3.05) is 6.61 Å². The van der Waals surface area contributed by atoms with Crippen LogP contribution in [0.3, 0.4) is 0 Å². The summed E-state index contributed by atoms with van der Waals surface area (Å²) in [6.07, 6.45) is 0.183. The number of halogens is 1. The molecule has 1 amide bonds. The molecule has 3 rings (SSSR count). The van der Waals surface area contributed by atoms with Crippen molar-refractivity contribution in [1.29, 1.82) is 0 Å². The number of nitrogens with one attached hydrogen (secondary N) is 1. The molecule has 0 saturated carbocycles.